The highest BCUT2D eigenvalue weighted by Gasteiger charge is 2.19. The Labute approximate surface area is 126 Å². The molecule has 0 radical (unpaired) electrons. The molecule has 108 valence electrons. The molecule has 0 atom stereocenters. The van der Waals surface area contributed by atoms with E-state index in [4.69, 9.17) is 17.3 Å². The van der Waals surface area contributed by atoms with Crippen molar-refractivity contribution in [3.63, 3.8) is 0 Å². The monoisotopic (exact) mass is 322 g/mol. The van der Waals surface area contributed by atoms with Crippen LogP contribution in [0.5, 0.6) is 0 Å². The van der Waals surface area contributed by atoms with E-state index in [0.717, 1.165) is 5.52 Å². The number of aromatic amines is 1. The van der Waals surface area contributed by atoms with Gasteiger partial charge in [0, 0.05) is 10.4 Å². The maximum Gasteiger partial charge on any atom is 0.264 e. The molecule has 3 rings (SSSR count). The molecule has 0 aliphatic carbocycles. The fraction of sp³-hybridized carbons (Fsp3) is 0. The number of nitrogen functional groups attached to an aromatic ring is 1. The zero-order chi connectivity index (χ0) is 15.0. The molecule has 0 amide bonds. The van der Waals surface area contributed by atoms with Gasteiger partial charge in [0.15, 0.2) is 0 Å². The zero-order valence-electron chi connectivity index (χ0n) is 10.7. The topological polar surface area (TPSA) is 101 Å². The lowest BCUT2D eigenvalue weighted by Gasteiger charge is -2.11. The zero-order valence-corrected chi connectivity index (χ0v) is 12.2. The number of hydrogen-bond donors (Lipinski definition) is 3. The van der Waals surface area contributed by atoms with Gasteiger partial charge in [0.25, 0.3) is 10.0 Å². The quantitative estimate of drug-likeness (QED) is 0.645. The highest BCUT2D eigenvalue weighted by Crippen LogP contribution is 2.27. The third kappa shape index (κ3) is 2.53. The van der Waals surface area contributed by atoms with Crippen molar-refractivity contribution in [1.29, 1.82) is 0 Å². The normalized spacial score (nSPS) is 11.7. The van der Waals surface area contributed by atoms with Crippen molar-refractivity contribution in [2.75, 3.05) is 10.5 Å². The van der Waals surface area contributed by atoms with Crippen LogP contribution in [-0.2, 0) is 10.0 Å². The third-order valence-corrected chi connectivity index (χ3v) is 4.65. The molecule has 0 aliphatic heterocycles. The second-order valence-corrected chi connectivity index (χ2v) is 6.51. The Morgan fingerprint density at radius 2 is 2.05 bits per heavy atom. The molecule has 0 fully saturated rings. The van der Waals surface area contributed by atoms with Gasteiger partial charge in [0.2, 0.25) is 0 Å². The second-order valence-electron chi connectivity index (χ2n) is 4.42. The van der Waals surface area contributed by atoms with Crippen LogP contribution >= 0.6 is 11.6 Å². The van der Waals surface area contributed by atoms with Crippen LogP contribution in [0.2, 0.25) is 5.02 Å². The van der Waals surface area contributed by atoms with Gasteiger partial charge in [-0.2, -0.15) is 5.10 Å². The van der Waals surface area contributed by atoms with Crippen molar-refractivity contribution < 1.29 is 8.42 Å². The van der Waals surface area contributed by atoms with E-state index in [2.05, 4.69) is 14.9 Å². The summed E-state index contributed by atoms with van der Waals surface area (Å²) in [6, 6.07) is 9.47. The van der Waals surface area contributed by atoms with Crippen LogP contribution in [0.1, 0.15) is 0 Å². The lowest BCUT2D eigenvalue weighted by Crippen LogP contribution is -2.15. The Morgan fingerprint density at radius 1 is 1.24 bits per heavy atom. The Kier molecular flexibility index (Phi) is 3.23. The van der Waals surface area contributed by atoms with E-state index in [0.29, 0.717) is 16.1 Å². The number of fused-ring (bicyclic) bond motifs is 1. The molecule has 0 unspecified atom stereocenters. The SMILES string of the molecule is Nc1ccc(Cl)cc1S(=O)(=O)Nc1cccc2[nH]ncc12. The van der Waals surface area contributed by atoms with E-state index in [1.54, 1.807) is 24.4 Å². The predicted octanol–water partition coefficient (Wildman–Crippen LogP) is 2.60. The molecule has 0 saturated carbocycles. The Bertz CT molecular complexity index is 921. The Balaban J connectivity index is 2.08. The summed E-state index contributed by atoms with van der Waals surface area (Å²) in [7, 11) is -3.84. The number of sulfonamides is 1. The second kappa shape index (κ2) is 4.94. The maximum absolute atomic E-state index is 12.5. The van der Waals surface area contributed by atoms with Gasteiger partial charge in [-0.15, -0.1) is 0 Å². The first-order valence-electron chi connectivity index (χ1n) is 5.97. The molecule has 1 heterocycles. The average Bonchev–Trinajstić information content (AvgIpc) is 2.90. The standard InChI is InChI=1S/C13H11ClN4O2S/c14-8-4-5-10(15)13(6-8)21(19,20)18-12-3-1-2-11-9(12)7-16-17-11/h1-7,18H,15H2,(H,16,17). The molecule has 21 heavy (non-hydrogen) atoms. The van der Waals surface area contributed by atoms with Crippen molar-refractivity contribution in [3.05, 3.63) is 47.6 Å². The third-order valence-electron chi connectivity index (χ3n) is 2.99. The highest BCUT2D eigenvalue weighted by molar-refractivity contribution is 7.93. The average molecular weight is 323 g/mol. The molecule has 0 spiro atoms. The highest BCUT2D eigenvalue weighted by atomic mass is 35.5. The van der Waals surface area contributed by atoms with Crippen molar-refractivity contribution >= 4 is 43.9 Å². The number of nitrogens with two attached hydrogens (primary N) is 1. The summed E-state index contributed by atoms with van der Waals surface area (Å²) in [5.74, 6) is 0. The number of aromatic nitrogens is 2. The smallest absolute Gasteiger partial charge is 0.264 e. The molecule has 2 aromatic carbocycles. The van der Waals surface area contributed by atoms with Gasteiger partial charge in [-0.05, 0) is 30.3 Å². The summed E-state index contributed by atoms with van der Waals surface area (Å²) >= 11 is 5.84. The Morgan fingerprint density at radius 3 is 2.86 bits per heavy atom. The maximum atomic E-state index is 12.5. The van der Waals surface area contributed by atoms with E-state index < -0.39 is 10.0 Å². The van der Waals surface area contributed by atoms with Crippen LogP contribution < -0.4 is 10.5 Å². The van der Waals surface area contributed by atoms with Crippen LogP contribution in [0.15, 0.2) is 47.5 Å². The number of nitrogens with zero attached hydrogens (tertiary/aromatic N) is 1. The minimum absolute atomic E-state index is 0.0597. The Hall–Kier alpha value is -2.25. The summed E-state index contributed by atoms with van der Waals surface area (Å²) in [4.78, 5) is -0.0597. The van der Waals surface area contributed by atoms with Crippen LogP contribution in [0.4, 0.5) is 11.4 Å². The van der Waals surface area contributed by atoms with Gasteiger partial charge < -0.3 is 5.73 Å². The molecule has 8 heteroatoms. The largest absolute Gasteiger partial charge is 0.398 e. The van der Waals surface area contributed by atoms with Gasteiger partial charge >= 0.3 is 0 Å². The fourth-order valence-corrected chi connectivity index (χ4v) is 3.47. The lowest BCUT2D eigenvalue weighted by atomic mass is 10.2. The van der Waals surface area contributed by atoms with Crippen LogP contribution in [0.25, 0.3) is 10.9 Å². The first kappa shape index (κ1) is 13.7. The summed E-state index contributed by atoms with van der Waals surface area (Å²) in [5.41, 5.74) is 7.00. The van der Waals surface area contributed by atoms with Gasteiger partial charge in [-0.3, -0.25) is 9.82 Å². The molecular weight excluding hydrogens is 312 g/mol. The lowest BCUT2D eigenvalue weighted by molar-refractivity contribution is 0.601. The van der Waals surface area contributed by atoms with Crippen molar-refractivity contribution in [2.24, 2.45) is 0 Å². The molecule has 0 bridgehead atoms. The van der Waals surface area contributed by atoms with Crippen LogP contribution in [0.3, 0.4) is 0 Å². The minimum atomic E-state index is -3.84. The van der Waals surface area contributed by atoms with Crippen LogP contribution in [-0.4, -0.2) is 18.6 Å². The molecule has 3 aromatic rings. The number of rotatable bonds is 3. The van der Waals surface area contributed by atoms with E-state index >= 15 is 0 Å². The number of hydrogen-bond acceptors (Lipinski definition) is 4. The van der Waals surface area contributed by atoms with E-state index in [-0.39, 0.29) is 10.6 Å². The molecule has 0 aliphatic rings. The summed E-state index contributed by atoms with van der Waals surface area (Å²) < 4.78 is 27.4. The number of halogens is 1. The van der Waals surface area contributed by atoms with Crippen molar-refractivity contribution in [3.8, 4) is 0 Å². The van der Waals surface area contributed by atoms with Crippen molar-refractivity contribution in [2.45, 2.75) is 4.90 Å². The van der Waals surface area contributed by atoms with Gasteiger partial charge in [0.1, 0.15) is 4.90 Å². The fourth-order valence-electron chi connectivity index (χ4n) is 2.00. The van der Waals surface area contributed by atoms with E-state index in [1.807, 2.05) is 0 Å². The van der Waals surface area contributed by atoms with E-state index in [1.165, 1.54) is 18.2 Å². The molecule has 1 aromatic heterocycles. The number of anilines is 2. The summed E-state index contributed by atoms with van der Waals surface area (Å²) in [6.45, 7) is 0. The summed E-state index contributed by atoms with van der Waals surface area (Å²) in [5, 5.41) is 7.63. The number of nitrogens with one attached hydrogen (secondary N) is 2. The predicted molar refractivity (Wildman–Crippen MR) is 82.8 cm³/mol. The molecule has 4 N–H and O–H groups in total. The summed E-state index contributed by atoms with van der Waals surface area (Å²) in [6.07, 6.45) is 1.55. The number of H-pyrrole nitrogens is 1. The van der Waals surface area contributed by atoms with Gasteiger partial charge in [-0.25, -0.2) is 8.42 Å². The molecule has 6 nitrogen and oxygen atoms in total. The minimum Gasteiger partial charge on any atom is -0.398 e. The van der Waals surface area contributed by atoms with E-state index in [9.17, 15) is 8.42 Å². The molecule has 0 saturated heterocycles. The molecular formula is C13H11ClN4O2S. The first-order chi connectivity index (χ1) is 9.97. The van der Waals surface area contributed by atoms with Crippen molar-refractivity contribution in [1.82, 2.24) is 10.2 Å². The van der Waals surface area contributed by atoms with Gasteiger partial charge in [-0.1, -0.05) is 17.7 Å². The first-order valence-corrected chi connectivity index (χ1v) is 7.83. The van der Waals surface area contributed by atoms with Crippen LogP contribution in [0, 0.1) is 0 Å². The van der Waals surface area contributed by atoms with Gasteiger partial charge in [0.05, 0.1) is 23.1 Å². The number of benzene rings is 2.